The number of rotatable bonds is 11. The Hall–Kier alpha value is -1.92. The second-order valence-electron chi connectivity index (χ2n) is 10.4. The molecule has 7 atom stereocenters. The number of carbonyl (C=O) groups is 3. The quantitative estimate of drug-likeness (QED) is 0.294. The van der Waals surface area contributed by atoms with Crippen LogP contribution in [0.2, 0.25) is 0 Å². The summed E-state index contributed by atoms with van der Waals surface area (Å²) in [5.74, 6) is -0.118. The summed E-state index contributed by atoms with van der Waals surface area (Å²) in [4.78, 5) is 37.3. The van der Waals surface area contributed by atoms with E-state index in [2.05, 4.69) is 16.0 Å². The lowest BCUT2D eigenvalue weighted by atomic mass is 9.90. The van der Waals surface area contributed by atoms with Gasteiger partial charge in [-0.1, -0.05) is 20.3 Å². The minimum absolute atomic E-state index is 0.00570. The fourth-order valence-corrected chi connectivity index (χ4v) is 6.14. The van der Waals surface area contributed by atoms with Gasteiger partial charge in [-0.05, 0) is 62.2 Å². The van der Waals surface area contributed by atoms with Crippen molar-refractivity contribution in [2.24, 2.45) is 29.6 Å². The first-order valence-corrected chi connectivity index (χ1v) is 13.5. The molecule has 0 aromatic carbocycles. The third-order valence-electron chi connectivity index (χ3n) is 7.30. The van der Waals surface area contributed by atoms with E-state index < -0.39 is 45.6 Å². The Morgan fingerprint density at radius 3 is 2.47 bits per heavy atom. The van der Waals surface area contributed by atoms with Crippen LogP contribution in [0.25, 0.3) is 0 Å². The molecule has 3 fully saturated rings. The molecule has 12 heteroatoms. The van der Waals surface area contributed by atoms with E-state index in [0.717, 1.165) is 12.8 Å². The first-order chi connectivity index (χ1) is 15.9. The third kappa shape index (κ3) is 7.05. The molecule has 3 rings (SSSR count). The lowest BCUT2D eigenvalue weighted by molar-refractivity contribution is -0.126. The molecule has 2 aliphatic carbocycles. The monoisotopic (exact) mass is 502 g/mol. The van der Waals surface area contributed by atoms with Gasteiger partial charge in [0.15, 0.2) is 5.44 Å². The van der Waals surface area contributed by atoms with Gasteiger partial charge in [0.05, 0.1) is 12.6 Å². The number of amides is 3. The highest BCUT2D eigenvalue weighted by atomic mass is 32.2. The molecule has 1 aliphatic heterocycles. The summed E-state index contributed by atoms with van der Waals surface area (Å²) in [6.45, 7) is 4.37. The Kier molecular flexibility index (Phi) is 8.80. The number of hydrogen-bond acceptors (Lipinski definition) is 8. The molecular formula is C22H36N3O8S-. The van der Waals surface area contributed by atoms with Crippen molar-refractivity contribution in [3.05, 3.63) is 0 Å². The van der Waals surface area contributed by atoms with Crippen LogP contribution in [0, 0.1) is 29.6 Å². The van der Waals surface area contributed by atoms with Gasteiger partial charge in [-0.25, -0.2) is 13.2 Å². The number of alkyl carbamates (subject to hydrolysis) is 1. The maximum atomic E-state index is 13.0. The highest BCUT2D eigenvalue weighted by Gasteiger charge is 2.40. The highest BCUT2D eigenvalue weighted by Crippen LogP contribution is 2.48. The average Bonchev–Trinajstić information content (AvgIpc) is 3.47. The summed E-state index contributed by atoms with van der Waals surface area (Å²) < 4.78 is 39.8. The van der Waals surface area contributed by atoms with Crippen LogP contribution in [-0.2, 0) is 24.4 Å². The van der Waals surface area contributed by atoms with Crippen molar-refractivity contribution in [2.75, 3.05) is 13.2 Å². The summed E-state index contributed by atoms with van der Waals surface area (Å²) in [6, 6.07) is -2.56. The molecule has 0 radical (unpaired) electrons. The largest absolute Gasteiger partial charge is 0.746 e. The molecule has 0 aromatic heterocycles. The van der Waals surface area contributed by atoms with E-state index in [1.807, 2.05) is 13.8 Å². The molecule has 34 heavy (non-hydrogen) atoms. The number of hydrogen-bond donors (Lipinski definition) is 4. The average molecular weight is 503 g/mol. The van der Waals surface area contributed by atoms with Gasteiger partial charge < -0.3 is 30.3 Å². The van der Waals surface area contributed by atoms with Gasteiger partial charge in [0.1, 0.15) is 16.2 Å². The van der Waals surface area contributed by atoms with Crippen LogP contribution in [0.5, 0.6) is 0 Å². The fourth-order valence-electron chi connectivity index (χ4n) is 5.56. The van der Waals surface area contributed by atoms with Crippen LogP contribution in [-0.4, -0.2) is 66.7 Å². The van der Waals surface area contributed by atoms with Crippen LogP contribution >= 0.6 is 0 Å². The molecule has 4 unspecified atom stereocenters. The maximum Gasteiger partial charge on any atom is 0.407 e. The van der Waals surface area contributed by atoms with Gasteiger partial charge in [-0.2, -0.15) is 0 Å². The molecule has 194 valence electrons. The van der Waals surface area contributed by atoms with E-state index in [9.17, 15) is 32.5 Å². The molecule has 3 amide bonds. The van der Waals surface area contributed by atoms with Crippen LogP contribution in [0.4, 0.5) is 4.79 Å². The maximum absolute atomic E-state index is 13.0. The molecule has 1 heterocycles. The van der Waals surface area contributed by atoms with Crippen molar-refractivity contribution in [3.63, 3.8) is 0 Å². The van der Waals surface area contributed by atoms with Gasteiger partial charge in [-0.3, -0.25) is 9.59 Å². The summed E-state index contributed by atoms with van der Waals surface area (Å²) >= 11 is 0. The van der Waals surface area contributed by atoms with E-state index in [1.54, 1.807) is 0 Å². The lowest BCUT2D eigenvalue weighted by Crippen LogP contribution is -2.55. The van der Waals surface area contributed by atoms with Gasteiger partial charge >= 0.3 is 6.09 Å². The minimum atomic E-state index is -5.15. The Labute approximate surface area is 200 Å². The van der Waals surface area contributed by atoms with Gasteiger partial charge in [-0.15, -0.1) is 0 Å². The highest BCUT2D eigenvalue weighted by molar-refractivity contribution is 7.86. The molecule has 2 bridgehead atoms. The van der Waals surface area contributed by atoms with Gasteiger partial charge in [0, 0.05) is 12.5 Å². The molecule has 11 nitrogen and oxygen atoms in total. The smallest absolute Gasteiger partial charge is 0.407 e. The van der Waals surface area contributed by atoms with Crippen LogP contribution < -0.4 is 16.0 Å². The van der Waals surface area contributed by atoms with Gasteiger partial charge in [0.2, 0.25) is 11.8 Å². The number of aliphatic hydroxyl groups is 1. The van der Waals surface area contributed by atoms with E-state index in [4.69, 9.17) is 4.74 Å². The number of aliphatic hydroxyl groups excluding tert-OH is 1. The fraction of sp³-hybridized carbons (Fsp3) is 0.864. The Balaban J connectivity index is 1.61. The number of nitrogens with one attached hydrogen (secondary N) is 3. The van der Waals surface area contributed by atoms with Crippen molar-refractivity contribution in [1.82, 2.24) is 16.0 Å². The summed E-state index contributed by atoms with van der Waals surface area (Å²) in [7, 11) is -5.15. The van der Waals surface area contributed by atoms with Crippen molar-refractivity contribution in [1.29, 1.82) is 0 Å². The first kappa shape index (κ1) is 26.7. The number of ether oxygens (including phenoxy) is 1. The SMILES string of the molecule is CC(C)C[C@H](NC(=O)OCC1CC2CCC1C2)C(=O)N[C@@H](C[C@@H]1CCNC1=O)C(O)S(=O)(=O)[O-]. The number of fused-ring (bicyclic) bond motifs is 2. The second-order valence-corrected chi connectivity index (χ2v) is 11.8. The zero-order chi connectivity index (χ0) is 25.0. The molecular weight excluding hydrogens is 466 g/mol. The Bertz CT molecular complexity index is 864. The van der Waals surface area contributed by atoms with Gasteiger partial charge in [0.25, 0.3) is 0 Å². The van der Waals surface area contributed by atoms with Crippen LogP contribution in [0.3, 0.4) is 0 Å². The normalized spacial score (nSPS) is 28.9. The molecule has 0 spiro atoms. The molecule has 2 saturated carbocycles. The molecule has 0 aromatic rings. The predicted molar refractivity (Wildman–Crippen MR) is 120 cm³/mol. The second kappa shape index (κ2) is 11.2. The summed E-state index contributed by atoms with van der Waals surface area (Å²) in [5, 5.41) is 17.6. The standard InChI is InChI=1S/C22H37N3O8S/c1-12(2)7-17(25-22(29)33-11-16-9-13-3-4-14(16)8-13)20(27)24-18(21(28)34(30,31)32)10-15-5-6-23-19(15)26/h12-18,21,28H,3-11H2,1-2H3,(H,23,26)(H,24,27)(H,25,29)(H,30,31,32)/p-1/t13?,14?,15-,16?,17-,18-,21?/m0/s1. The van der Waals surface area contributed by atoms with Crippen molar-refractivity contribution >= 4 is 28.0 Å². The molecule has 4 N–H and O–H groups in total. The first-order valence-electron chi connectivity index (χ1n) is 12.1. The van der Waals surface area contributed by atoms with E-state index in [0.29, 0.717) is 30.7 Å². The predicted octanol–water partition coefficient (Wildman–Crippen LogP) is 0.438. The van der Waals surface area contributed by atoms with E-state index >= 15 is 0 Å². The third-order valence-corrected chi connectivity index (χ3v) is 8.22. The van der Waals surface area contributed by atoms with Crippen molar-refractivity contribution in [2.45, 2.75) is 76.3 Å². The minimum Gasteiger partial charge on any atom is -0.746 e. The van der Waals surface area contributed by atoms with Crippen molar-refractivity contribution < 1.29 is 37.2 Å². The zero-order valence-electron chi connectivity index (χ0n) is 19.7. The molecule has 1 saturated heterocycles. The molecule has 3 aliphatic rings. The summed E-state index contributed by atoms with van der Waals surface area (Å²) in [5.41, 5.74) is -2.42. The number of carbonyl (C=O) groups excluding carboxylic acids is 3. The Morgan fingerprint density at radius 1 is 1.21 bits per heavy atom. The lowest BCUT2D eigenvalue weighted by Gasteiger charge is -2.30. The Morgan fingerprint density at radius 2 is 1.94 bits per heavy atom. The topological polar surface area (TPSA) is 174 Å². The zero-order valence-corrected chi connectivity index (χ0v) is 20.5. The van der Waals surface area contributed by atoms with E-state index in [1.165, 1.54) is 12.8 Å². The summed E-state index contributed by atoms with van der Waals surface area (Å²) in [6.07, 6.45) is 4.27. The van der Waals surface area contributed by atoms with E-state index in [-0.39, 0.29) is 31.3 Å². The van der Waals surface area contributed by atoms with Crippen molar-refractivity contribution in [3.8, 4) is 0 Å². The van der Waals surface area contributed by atoms with Crippen LogP contribution in [0.1, 0.15) is 58.8 Å². The van der Waals surface area contributed by atoms with Crippen LogP contribution in [0.15, 0.2) is 0 Å².